The van der Waals surface area contributed by atoms with E-state index in [-0.39, 0.29) is 11.8 Å². The number of aromatic amines is 1. The van der Waals surface area contributed by atoms with Crippen LogP contribution in [0, 0.1) is 5.82 Å². The lowest BCUT2D eigenvalue weighted by Gasteiger charge is -2.36. The molecule has 36 heavy (non-hydrogen) atoms. The van der Waals surface area contributed by atoms with Crippen LogP contribution >= 0.6 is 11.8 Å². The van der Waals surface area contributed by atoms with Gasteiger partial charge in [0, 0.05) is 43.1 Å². The van der Waals surface area contributed by atoms with Crippen LogP contribution < -0.4 is 14.8 Å². The van der Waals surface area contributed by atoms with Crippen molar-refractivity contribution in [2.75, 3.05) is 42.1 Å². The number of amides is 2. The smallest absolute Gasteiger partial charge is 0.317 e. The molecule has 7 nitrogen and oxygen atoms in total. The average molecular weight is 505 g/mol. The molecule has 2 heterocycles. The first-order valence-electron chi connectivity index (χ1n) is 11.8. The van der Waals surface area contributed by atoms with Crippen LogP contribution in [0.15, 0.2) is 78.0 Å². The molecule has 0 atom stereocenters. The number of anilines is 2. The summed E-state index contributed by atoms with van der Waals surface area (Å²) in [5.41, 5.74) is 4.28. The fraction of sp³-hybridized carbons (Fsp3) is 0.222. The van der Waals surface area contributed by atoms with Crippen LogP contribution in [0.5, 0.6) is 0 Å². The number of hydrogen-bond donors (Lipinski definition) is 2. The molecule has 184 valence electrons. The number of rotatable bonds is 6. The summed E-state index contributed by atoms with van der Waals surface area (Å²) in [6.45, 7) is 2.50. The van der Waals surface area contributed by atoms with Gasteiger partial charge < -0.3 is 15.1 Å². The molecular formula is C27H27FN5O2S+. The predicted molar refractivity (Wildman–Crippen MR) is 140 cm³/mol. The number of H-pyrrole nitrogens is 1. The number of para-hydroxylation sites is 2. The molecule has 4 aromatic rings. The summed E-state index contributed by atoms with van der Waals surface area (Å²) < 4.78 is 15.5. The van der Waals surface area contributed by atoms with E-state index in [1.54, 1.807) is 17.0 Å². The maximum atomic E-state index is 13.5. The number of hydrogen-bond acceptors (Lipinski definition) is 4. The van der Waals surface area contributed by atoms with E-state index in [0.717, 1.165) is 27.6 Å². The van der Waals surface area contributed by atoms with E-state index >= 15 is 0 Å². The number of nitrogens with zero attached hydrogens (tertiary/aromatic N) is 3. The van der Waals surface area contributed by atoms with E-state index in [1.165, 1.54) is 23.9 Å². The molecule has 0 spiro atoms. The SMILES string of the molecule is C[n+]1c(SCC(=O)Nc2ccc(N3CCN(C(=O)c4cccc(F)c4)CC3)cc2)[nH]c2ccccc21. The van der Waals surface area contributed by atoms with Crippen LogP contribution in [0.25, 0.3) is 11.0 Å². The highest BCUT2D eigenvalue weighted by Gasteiger charge is 2.23. The molecule has 1 aliphatic rings. The minimum Gasteiger partial charge on any atom is -0.368 e. The fourth-order valence-corrected chi connectivity index (χ4v) is 5.19. The van der Waals surface area contributed by atoms with Crippen molar-refractivity contribution >= 4 is 46.0 Å². The molecule has 0 saturated carbocycles. The van der Waals surface area contributed by atoms with E-state index in [1.807, 2.05) is 60.1 Å². The van der Waals surface area contributed by atoms with Crippen molar-refractivity contribution in [3.8, 4) is 0 Å². The first kappa shape index (κ1) is 23.9. The number of carbonyl (C=O) groups is 2. The zero-order valence-corrected chi connectivity index (χ0v) is 20.7. The lowest BCUT2D eigenvalue weighted by atomic mass is 10.1. The van der Waals surface area contributed by atoms with Gasteiger partial charge in [-0.2, -0.15) is 0 Å². The second-order valence-electron chi connectivity index (χ2n) is 8.68. The number of imidazole rings is 1. The molecule has 1 aliphatic heterocycles. The maximum absolute atomic E-state index is 13.5. The van der Waals surface area contributed by atoms with Crippen LogP contribution in [-0.4, -0.2) is 53.6 Å². The second kappa shape index (κ2) is 10.4. The topological polar surface area (TPSA) is 72.3 Å². The molecule has 5 rings (SSSR count). The molecular weight excluding hydrogens is 477 g/mol. The fourth-order valence-electron chi connectivity index (χ4n) is 4.37. The van der Waals surface area contributed by atoms with Gasteiger partial charge in [-0.3, -0.25) is 9.59 Å². The van der Waals surface area contributed by atoms with Crippen molar-refractivity contribution in [1.82, 2.24) is 9.88 Å². The molecule has 1 aromatic heterocycles. The summed E-state index contributed by atoms with van der Waals surface area (Å²) in [5.74, 6) is -0.330. The summed E-state index contributed by atoms with van der Waals surface area (Å²) in [4.78, 5) is 32.5. The zero-order valence-electron chi connectivity index (χ0n) is 19.9. The highest BCUT2D eigenvalue weighted by atomic mass is 32.2. The van der Waals surface area contributed by atoms with Gasteiger partial charge in [-0.1, -0.05) is 18.2 Å². The number of benzene rings is 3. The van der Waals surface area contributed by atoms with E-state index in [4.69, 9.17) is 0 Å². The third-order valence-electron chi connectivity index (χ3n) is 6.31. The monoisotopic (exact) mass is 504 g/mol. The normalized spacial score (nSPS) is 13.7. The first-order chi connectivity index (χ1) is 17.5. The first-order valence-corrected chi connectivity index (χ1v) is 12.8. The Bertz CT molecular complexity index is 1400. The number of carbonyl (C=O) groups excluding carboxylic acids is 2. The second-order valence-corrected chi connectivity index (χ2v) is 9.64. The molecule has 0 unspecified atom stereocenters. The number of halogens is 1. The van der Waals surface area contributed by atoms with Crippen molar-refractivity contribution in [3.05, 3.63) is 84.2 Å². The van der Waals surface area contributed by atoms with Crippen LogP contribution in [0.4, 0.5) is 15.8 Å². The number of piperazine rings is 1. The third-order valence-corrected chi connectivity index (χ3v) is 7.36. The Kier molecular flexibility index (Phi) is 6.90. The summed E-state index contributed by atoms with van der Waals surface area (Å²) in [6, 6.07) is 21.6. The molecule has 1 fully saturated rings. The highest BCUT2D eigenvalue weighted by molar-refractivity contribution is 7.99. The lowest BCUT2D eigenvalue weighted by Crippen LogP contribution is -2.48. The largest absolute Gasteiger partial charge is 0.368 e. The van der Waals surface area contributed by atoms with E-state index in [9.17, 15) is 14.0 Å². The molecule has 1 saturated heterocycles. The van der Waals surface area contributed by atoms with Gasteiger partial charge in [0.25, 0.3) is 5.91 Å². The Morgan fingerprint density at radius 3 is 2.47 bits per heavy atom. The summed E-state index contributed by atoms with van der Waals surface area (Å²) in [6.07, 6.45) is 0. The van der Waals surface area contributed by atoms with Crippen LogP contribution in [0.1, 0.15) is 10.4 Å². The molecule has 3 aromatic carbocycles. The third kappa shape index (κ3) is 5.21. The van der Waals surface area contributed by atoms with Gasteiger partial charge in [-0.05, 0) is 66.4 Å². The minimum absolute atomic E-state index is 0.0733. The van der Waals surface area contributed by atoms with E-state index < -0.39 is 5.82 Å². The van der Waals surface area contributed by atoms with Crippen LogP contribution in [-0.2, 0) is 11.8 Å². The van der Waals surface area contributed by atoms with Crippen molar-refractivity contribution in [2.45, 2.75) is 5.16 Å². The highest BCUT2D eigenvalue weighted by Crippen LogP contribution is 2.22. The Balaban J connectivity index is 1.12. The van der Waals surface area contributed by atoms with Gasteiger partial charge in [-0.25, -0.2) is 13.9 Å². The van der Waals surface area contributed by atoms with Gasteiger partial charge in [0.2, 0.25) is 5.91 Å². The predicted octanol–water partition coefficient (Wildman–Crippen LogP) is 3.82. The Labute approximate surface area is 212 Å². The number of aromatic nitrogens is 2. The molecule has 2 N–H and O–H groups in total. The van der Waals surface area contributed by atoms with E-state index in [0.29, 0.717) is 37.5 Å². The van der Waals surface area contributed by atoms with Gasteiger partial charge in [0.1, 0.15) is 5.82 Å². The maximum Gasteiger partial charge on any atom is 0.317 e. The number of thioether (sulfide) groups is 1. The zero-order chi connectivity index (χ0) is 25.1. The van der Waals surface area contributed by atoms with Crippen LogP contribution in [0.3, 0.4) is 0 Å². The van der Waals surface area contributed by atoms with Crippen molar-refractivity contribution in [3.63, 3.8) is 0 Å². The molecule has 0 bridgehead atoms. The Morgan fingerprint density at radius 2 is 1.75 bits per heavy atom. The summed E-state index contributed by atoms with van der Waals surface area (Å²) in [5, 5.41) is 3.88. The van der Waals surface area contributed by atoms with Crippen LogP contribution in [0.2, 0.25) is 0 Å². The van der Waals surface area contributed by atoms with Gasteiger partial charge in [-0.15, -0.1) is 0 Å². The van der Waals surface area contributed by atoms with E-state index in [2.05, 4.69) is 15.2 Å². The minimum atomic E-state index is -0.405. The Hall–Kier alpha value is -3.85. The van der Waals surface area contributed by atoms with Crippen molar-refractivity contribution in [1.29, 1.82) is 0 Å². The number of fused-ring (bicyclic) bond motifs is 1. The summed E-state index contributed by atoms with van der Waals surface area (Å²) in [7, 11) is 1.98. The van der Waals surface area contributed by atoms with Gasteiger partial charge in [0.15, 0.2) is 11.0 Å². The Morgan fingerprint density at radius 1 is 1.00 bits per heavy atom. The average Bonchev–Trinajstić information content (AvgIpc) is 3.23. The molecule has 0 aliphatic carbocycles. The molecule has 2 amide bonds. The van der Waals surface area contributed by atoms with Gasteiger partial charge >= 0.3 is 5.16 Å². The standard InChI is InChI=1S/C27H26FN5O2S/c1-31-24-8-3-2-7-23(24)30-27(31)36-18-25(34)29-21-9-11-22(12-10-21)32-13-15-33(16-14-32)26(35)19-5-4-6-20(28)17-19/h2-12,17H,13-16,18H2,1H3,(H,29,34)/p+1. The van der Waals surface area contributed by atoms with Crippen molar-refractivity contribution < 1.29 is 18.5 Å². The van der Waals surface area contributed by atoms with Crippen molar-refractivity contribution in [2.24, 2.45) is 7.05 Å². The number of nitrogens with one attached hydrogen (secondary N) is 2. The quantitative estimate of drug-likeness (QED) is 0.309. The van der Waals surface area contributed by atoms with Gasteiger partial charge in [0.05, 0.1) is 12.8 Å². The molecule has 9 heteroatoms. The number of aryl methyl sites for hydroxylation is 1. The lowest BCUT2D eigenvalue weighted by molar-refractivity contribution is -0.683. The summed E-state index contributed by atoms with van der Waals surface area (Å²) >= 11 is 1.46. The molecule has 0 radical (unpaired) electrons.